The van der Waals surface area contributed by atoms with Gasteiger partial charge in [-0.05, 0) is 25.3 Å². The highest BCUT2D eigenvalue weighted by atomic mass is 16.4. The SMILES string of the molecule is C[C@@H](N=[N+]=[N-])C(=O)O.NC1CCCCC1. The van der Waals surface area contributed by atoms with Gasteiger partial charge in [0.2, 0.25) is 0 Å². The molecule has 1 fully saturated rings. The molecule has 0 amide bonds. The van der Waals surface area contributed by atoms with E-state index in [1.165, 1.54) is 39.0 Å². The largest absolute Gasteiger partial charge is 0.481 e. The monoisotopic (exact) mass is 214 g/mol. The first kappa shape index (κ1) is 13.7. The average Bonchev–Trinajstić information content (AvgIpc) is 2.20. The fourth-order valence-corrected chi connectivity index (χ4v) is 1.26. The lowest BCUT2D eigenvalue weighted by Gasteiger charge is -2.15. The summed E-state index contributed by atoms with van der Waals surface area (Å²) < 4.78 is 0. The lowest BCUT2D eigenvalue weighted by Crippen LogP contribution is -2.22. The average molecular weight is 214 g/mol. The number of hydrogen-bond donors (Lipinski definition) is 2. The minimum atomic E-state index is -1.11. The van der Waals surface area contributed by atoms with Crippen molar-refractivity contribution in [3.05, 3.63) is 10.4 Å². The molecule has 0 unspecified atom stereocenters. The number of nitrogens with two attached hydrogens (primary N) is 1. The molecule has 6 heteroatoms. The molecule has 3 N–H and O–H groups in total. The highest BCUT2D eigenvalue weighted by molar-refractivity contribution is 5.72. The van der Waals surface area contributed by atoms with Crippen molar-refractivity contribution in [2.75, 3.05) is 0 Å². The normalized spacial score (nSPS) is 18.0. The summed E-state index contributed by atoms with van der Waals surface area (Å²) in [6, 6.07) is -0.422. The van der Waals surface area contributed by atoms with Gasteiger partial charge in [-0.3, -0.25) is 4.79 Å². The molecule has 86 valence electrons. The number of aliphatic carboxylic acids is 1. The standard InChI is InChI=1S/C6H13N.C3H5N3O2/c7-6-4-2-1-3-5-6;1-2(3(7)8)5-6-4/h6H,1-5,7H2;2H,1H3,(H,7,8)/t;2-/m.1/s1. The predicted octanol–water partition coefficient (Wildman–Crippen LogP) is 2.05. The predicted molar refractivity (Wildman–Crippen MR) is 57.3 cm³/mol. The molecule has 15 heavy (non-hydrogen) atoms. The summed E-state index contributed by atoms with van der Waals surface area (Å²) in [5.74, 6) is -1.11. The second-order valence-electron chi connectivity index (χ2n) is 3.62. The third-order valence-electron chi connectivity index (χ3n) is 2.23. The van der Waals surface area contributed by atoms with Crippen molar-refractivity contribution in [2.45, 2.75) is 51.1 Å². The van der Waals surface area contributed by atoms with Crippen LogP contribution in [-0.4, -0.2) is 23.2 Å². The summed E-state index contributed by atoms with van der Waals surface area (Å²) in [5, 5.41) is 11.0. The Kier molecular flexibility index (Phi) is 7.40. The van der Waals surface area contributed by atoms with E-state index in [0.717, 1.165) is 0 Å². The molecule has 1 rings (SSSR count). The highest BCUT2D eigenvalue weighted by Crippen LogP contribution is 2.14. The zero-order valence-corrected chi connectivity index (χ0v) is 8.96. The van der Waals surface area contributed by atoms with E-state index in [9.17, 15) is 4.79 Å². The van der Waals surface area contributed by atoms with Crippen LogP contribution in [0.15, 0.2) is 5.11 Å². The van der Waals surface area contributed by atoms with E-state index in [4.69, 9.17) is 16.4 Å². The van der Waals surface area contributed by atoms with Gasteiger partial charge in [0, 0.05) is 11.0 Å². The molecular formula is C9H18N4O2. The molecule has 0 spiro atoms. The molecule has 1 aliphatic rings. The van der Waals surface area contributed by atoms with Gasteiger partial charge in [-0.1, -0.05) is 24.4 Å². The summed E-state index contributed by atoms with van der Waals surface area (Å²) in [7, 11) is 0. The molecular weight excluding hydrogens is 196 g/mol. The van der Waals surface area contributed by atoms with E-state index in [2.05, 4.69) is 10.0 Å². The summed E-state index contributed by atoms with van der Waals surface area (Å²) in [5.41, 5.74) is 13.3. The number of carboxylic acids is 1. The molecule has 0 heterocycles. The fourth-order valence-electron chi connectivity index (χ4n) is 1.26. The van der Waals surface area contributed by atoms with Gasteiger partial charge in [0.15, 0.2) is 0 Å². The summed E-state index contributed by atoms with van der Waals surface area (Å²) in [6.07, 6.45) is 6.66. The van der Waals surface area contributed by atoms with Gasteiger partial charge in [0.05, 0.1) is 0 Å². The van der Waals surface area contributed by atoms with Gasteiger partial charge in [-0.15, -0.1) is 0 Å². The lowest BCUT2D eigenvalue weighted by molar-refractivity contribution is -0.138. The van der Waals surface area contributed by atoms with E-state index in [0.29, 0.717) is 6.04 Å². The minimum Gasteiger partial charge on any atom is -0.481 e. The lowest BCUT2D eigenvalue weighted by atomic mass is 9.97. The van der Waals surface area contributed by atoms with Crippen LogP contribution in [0, 0.1) is 0 Å². The Morgan fingerprint density at radius 1 is 1.53 bits per heavy atom. The molecule has 6 nitrogen and oxygen atoms in total. The van der Waals surface area contributed by atoms with E-state index in [1.807, 2.05) is 0 Å². The van der Waals surface area contributed by atoms with Crippen LogP contribution in [0.5, 0.6) is 0 Å². The summed E-state index contributed by atoms with van der Waals surface area (Å²) in [4.78, 5) is 12.1. The molecule has 1 aliphatic carbocycles. The molecule has 1 saturated carbocycles. The Morgan fingerprint density at radius 3 is 2.27 bits per heavy atom. The van der Waals surface area contributed by atoms with Crippen molar-refractivity contribution in [1.82, 2.24) is 0 Å². The molecule has 0 radical (unpaired) electrons. The maximum absolute atomic E-state index is 9.82. The van der Waals surface area contributed by atoms with Gasteiger partial charge in [-0.2, -0.15) is 0 Å². The van der Waals surface area contributed by atoms with E-state index in [1.54, 1.807) is 0 Å². The maximum atomic E-state index is 9.82. The summed E-state index contributed by atoms with van der Waals surface area (Å²) >= 11 is 0. The van der Waals surface area contributed by atoms with Crippen LogP contribution < -0.4 is 5.73 Å². The van der Waals surface area contributed by atoms with E-state index < -0.39 is 12.0 Å². The van der Waals surface area contributed by atoms with Gasteiger partial charge < -0.3 is 10.8 Å². The summed E-state index contributed by atoms with van der Waals surface area (Å²) in [6.45, 7) is 1.31. The Hall–Kier alpha value is -1.26. The van der Waals surface area contributed by atoms with Crippen LogP contribution in [0.3, 0.4) is 0 Å². The first-order valence-electron chi connectivity index (χ1n) is 5.10. The van der Waals surface area contributed by atoms with Crippen molar-refractivity contribution in [1.29, 1.82) is 0 Å². The topological polar surface area (TPSA) is 112 Å². The third-order valence-corrected chi connectivity index (χ3v) is 2.23. The fraction of sp³-hybridized carbons (Fsp3) is 0.889. The van der Waals surface area contributed by atoms with E-state index >= 15 is 0 Å². The zero-order valence-electron chi connectivity index (χ0n) is 8.96. The van der Waals surface area contributed by atoms with Crippen LogP contribution in [0.2, 0.25) is 0 Å². The minimum absolute atomic E-state index is 0.536. The van der Waals surface area contributed by atoms with Gasteiger partial charge in [0.25, 0.3) is 0 Å². The van der Waals surface area contributed by atoms with Crippen LogP contribution >= 0.6 is 0 Å². The van der Waals surface area contributed by atoms with Crippen molar-refractivity contribution < 1.29 is 9.90 Å². The number of rotatable bonds is 2. The van der Waals surface area contributed by atoms with Crippen LogP contribution in [-0.2, 0) is 4.79 Å². The molecule has 0 aliphatic heterocycles. The second-order valence-corrected chi connectivity index (χ2v) is 3.62. The van der Waals surface area contributed by atoms with Crippen LogP contribution in [0.4, 0.5) is 0 Å². The van der Waals surface area contributed by atoms with Crippen molar-refractivity contribution >= 4 is 5.97 Å². The molecule has 0 aromatic heterocycles. The molecule has 1 atom stereocenters. The molecule has 0 aromatic carbocycles. The highest BCUT2D eigenvalue weighted by Gasteiger charge is 2.06. The Balaban J connectivity index is 0.000000262. The van der Waals surface area contributed by atoms with Crippen LogP contribution in [0.1, 0.15) is 39.0 Å². The van der Waals surface area contributed by atoms with Crippen molar-refractivity contribution in [3.8, 4) is 0 Å². The van der Waals surface area contributed by atoms with Crippen molar-refractivity contribution in [2.24, 2.45) is 10.8 Å². The van der Waals surface area contributed by atoms with Gasteiger partial charge in [0.1, 0.15) is 6.04 Å². The smallest absolute Gasteiger partial charge is 0.312 e. The Morgan fingerprint density at radius 2 is 2.07 bits per heavy atom. The number of azide groups is 1. The molecule has 0 bridgehead atoms. The van der Waals surface area contributed by atoms with E-state index in [-0.39, 0.29) is 0 Å². The van der Waals surface area contributed by atoms with Gasteiger partial charge in [-0.25, -0.2) is 0 Å². The first-order valence-corrected chi connectivity index (χ1v) is 5.10. The zero-order chi connectivity index (χ0) is 11.7. The van der Waals surface area contributed by atoms with Crippen molar-refractivity contribution in [3.63, 3.8) is 0 Å². The molecule has 0 aromatic rings. The van der Waals surface area contributed by atoms with Gasteiger partial charge >= 0.3 is 5.97 Å². The third kappa shape index (κ3) is 7.78. The Bertz CT molecular complexity index is 230. The number of carboxylic acid groups (broad SMARTS) is 1. The Labute approximate surface area is 89.1 Å². The number of hydrogen-bond acceptors (Lipinski definition) is 3. The quantitative estimate of drug-likeness (QED) is 0.416. The molecule has 0 saturated heterocycles. The first-order chi connectivity index (χ1) is 7.07. The number of carbonyl (C=O) groups is 1. The van der Waals surface area contributed by atoms with Crippen LogP contribution in [0.25, 0.3) is 10.4 Å². The maximum Gasteiger partial charge on any atom is 0.312 e. The number of nitrogens with zero attached hydrogens (tertiary/aromatic N) is 3. The second kappa shape index (κ2) is 8.08.